The number of aromatic nitrogens is 6. The third kappa shape index (κ3) is 3.59. The zero-order chi connectivity index (χ0) is 19.0. The van der Waals surface area contributed by atoms with Crippen molar-refractivity contribution in [2.45, 2.75) is 19.8 Å². The fourth-order valence-electron chi connectivity index (χ4n) is 2.75. The highest BCUT2D eigenvalue weighted by Gasteiger charge is 2.11. The van der Waals surface area contributed by atoms with Crippen LogP contribution in [0.5, 0.6) is 0 Å². The summed E-state index contributed by atoms with van der Waals surface area (Å²) in [5.74, 6) is 1.69. The summed E-state index contributed by atoms with van der Waals surface area (Å²) in [7, 11) is 1.86. The van der Waals surface area contributed by atoms with Gasteiger partial charge in [-0.25, -0.2) is 9.97 Å². The lowest BCUT2D eigenvalue weighted by Crippen LogP contribution is -2.00. The molecule has 0 aliphatic carbocycles. The van der Waals surface area contributed by atoms with Crippen LogP contribution < -0.4 is 5.32 Å². The van der Waals surface area contributed by atoms with Crippen LogP contribution in [0.1, 0.15) is 25.3 Å². The minimum absolute atomic E-state index is 0.374. The van der Waals surface area contributed by atoms with Crippen molar-refractivity contribution in [1.82, 2.24) is 29.9 Å². The van der Waals surface area contributed by atoms with Gasteiger partial charge in [0.15, 0.2) is 5.82 Å². The van der Waals surface area contributed by atoms with E-state index in [0.29, 0.717) is 22.7 Å². The maximum absolute atomic E-state index is 6.35. The van der Waals surface area contributed by atoms with Crippen molar-refractivity contribution in [3.05, 3.63) is 53.6 Å². The van der Waals surface area contributed by atoms with Crippen LogP contribution in [0.3, 0.4) is 0 Å². The predicted octanol–water partition coefficient (Wildman–Crippen LogP) is 4.34. The molecule has 0 aromatic carbocycles. The first kappa shape index (κ1) is 17.4. The molecule has 1 N–H and O–H groups in total. The minimum Gasteiger partial charge on any atom is -0.323 e. The van der Waals surface area contributed by atoms with Gasteiger partial charge >= 0.3 is 0 Å². The molecule has 0 aliphatic rings. The molecule has 0 spiro atoms. The van der Waals surface area contributed by atoms with E-state index < -0.39 is 0 Å². The minimum atomic E-state index is 0.374. The molecular formula is C19H18ClN7. The summed E-state index contributed by atoms with van der Waals surface area (Å²) in [5, 5.41) is 16.0. The lowest BCUT2D eigenvalue weighted by molar-refractivity contribution is 0.768. The summed E-state index contributed by atoms with van der Waals surface area (Å²) < 4.78 is 1.72. The maximum Gasteiger partial charge on any atom is 0.154 e. The van der Waals surface area contributed by atoms with Crippen LogP contribution in [0, 0.1) is 0 Å². The van der Waals surface area contributed by atoms with Crippen LogP contribution in [0.25, 0.3) is 22.2 Å². The Kier molecular flexibility index (Phi) is 4.45. The average Bonchev–Trinajstić information content (AvgIpc) is 3.08. The Bertz CT molecular complexity index is 1120. The second-order valence-electron chi connectivity index (χ2n) is 6.62. The highest BCUT2D eigenvalue weighted by Crippen LogP contribution is 2.29. The van der Waals surface area contributed by atoms with E-state index in [1.807, 2.05) is 37.5 Å². The molecule has 7 nitrogen and oxygen atoms in total. The zero-order valence-corrected chi connectivity index (χ0v) is 15.9. The van der Waals surface area contributed by atoms with Gasteiger partial charge in [0, 0.05) is 24.4 Å². The van der Waals surface area contributed by atoms with Crippen molar-refractivity contribution in [2.75, 3.05) is 5.32 Å². The second-order valence-corrected chi connectivity index (χ2v) is 6.98. The first-order valence-electron chi connectivity index (χ1n) is 8.55. The number of hydrogen-bond acceptors (Lipinski definition) is 6. The van der Waals surface area contributed by atoms with Crippen LogP contribution in [0.2, 0.25) is 5.15 Å². The summed E-state index contributed by atoms with van der Waals surface area (Å²) in [6.07, 6.45) is 5.42. The molecular weight excluding hydrogens is 362 g/mol. The van der Waals surface area contributed by atoms with Gasteiger partial charge in [-0.15, -0.1) is 5.10 Å². The number of rotatable bonds is 4. The van der Waals surface area contributed by atoms with Crippen molar-refractivity contribution in [1.29, 1.82) is 0 Å². The number of halogens is 1. The number of nitrogens with zero attached hydrogens (tertiary/aromatic N) is 6. The number of aryl methyl sites for hydroxylation is 1. The number of nitrogens with one attached hydrogen (secondary N) is 1. The van der Waals surface area contributed by atoms with Crippen LogP contribution in [0.15, 0.2) is 42.9 Å². The van der Waals surface area contributed by atoms with Crippen LogP contribution >= 0.6 is 11.6 Å². The van der Waals surface area contributed by atoms with Crippen molar-refractivity contribution < 1.29 is 0 Å². The summed E-state index contributed by atoms with van der Waals surface area (Å²) >= 11 is 6.35. The van der Waals surface area contributed by atoms with Gasteiger partial charge in [-0.2, -0.15) is 10.2 Å². The van der Waals surface area contributed by atoms with Gasteiger partial charge in [-0.3, -0.25) is 4.68 Å². The third-order valence-electron chi connectivity index (χ3n) is 4.24. The van der Waals surface area contributed by atoms with Crippen LogP contribution in [0.4, 0.5) is 11.6 Å². The van der Waals surface area contributed by atoms with Gasteiger partial charge in [0.05, 0.1) is 23.4 Å². The SMILES string of the molecule is CC(C)c1cnnc(Nc2ccc3nc(Cl)c(-c4cnn(C)c4)cc3n2)c1. The molecule has 0 atom stereocenters. The van der Waals surface area contributed by atoms with Crippen molar-refractivity contribution in [2.24, 2.45) is 7.05 Å². The van der Waals surface area contributed by atoms with E-state index in [0.717, 1.165) is 27.7 Å². The smallest absolute Gasteiger partial charge is 0.154 e. The van der Waals surface area contributed by atoms with E-state index in [1.54, 1.807) is 17.1 Å². The van der Waals surface area contributed by atoms with Crippen LogP contribution in [-0.2, 0) is 7.05 Å². The molecule has 27 heavy (non-hydrogen) atoms. The van der Waals surface area contributed by atoms with Gasteiger partial charge in [0.25, 0.3) is 0 Å². The Morgan fingerprint density at radius 3 is 2.63 bits per heavy atom. The predicted molar refractivity (Wildman–Crippen MR) is 106 cm³/mol. The van der Waals surface area contributed by atoms with Crippen molar-refractivity contribution in [3.8, 4) is 11.1 Å². The van der Waals surface area contributed by atoms with E-state index in [4.69, 9.17) is 11.6 Å². The Hall–Kier alpha value is -3.06. The maximum atomic E-state index is 6.35. The number of pyridine rings is 2. The highest BCUT2D eigenvalue weighted by molar-refractivity contribution is 6.32. The normalized spacial score (nSPS) is 11.3. The fourth-order valence-corrected chi connectivity index (χ4v) is 3.01. The van der Waals surface area contributed by atoms with E-state index in [2.05, 4.69) is 44.4 Å². The number of fused-ring (bicyclic) bond motifs is 1. The molecule has 4 heterocycles. The number of anilines is 2. The first-order chi connectivity index (χ1) is 13.0. The largest absolute Gasteiger partial charge is 0.323 e. The molecule has 0 saturated carbocycles. The summed E-state index contributed by atoms with van der Waals surface area (Å²) in [4.78, 5) is 9.11. The lowest BCUT2D eigenvalue weighted by Gasteiger charge is -2.09. The monoisotopic (exact) mass is 379 g/mol. The quantitative estimate of drug-likeness (QED) is 0.531. The number of hydrogen-bond donors (Lipinski definition) is 1. The Balaban J connectivity index is 1.71. The molecule has 4 rings (SSSR count). The average molecular weight is 380 g/mol. The summed E-state index contributed by atoms with van der Waals surface area (Å²) in [6, 6.07) is 7.62. The van der Waals surface area contributed by atoms with E-state index in [1.165, 1.54) is 0 Å². The molecule has 0 saturated heterocycles. The van der Waals surface area contributed by atoms with Gasteiger partial charge in [-0.1, -0.05) is 25.4 Å². The molecule has 8 heteroatoms. The molecule has 4 aromatic heterocycles. The highest BCUT2D eigenvalue weighted by atomic mass is 35.5. The van der Waals surface area contributed by atoms with E-state index in [9.17, 15) is 0 Å². The summed E-state index contributed by atoms with van der Waals surface area (Å²) in [6.45, 7) is 4.23. The molecule has 136 valence electrons. The topological polar surface area (TPSA) is 81.4 Å². The molecule has 0 fully saturated rings. The molecule has 0 aliphatic heterocycles. The molecule has 0 unspecified atom stereocenters. The Morgan fingerprint density at radius 2 is 1.89 bits per heavy atom. The molecule has 0 bridgehead atoms. The summed E-state index contributed by atoms with van der Waals surface area (Å²) in [5.41, 5.74) is 4.26. The molecule has 0 radical (unpaired) electrons. The van der Waals surface area contributed by atoms with Gasteiger partial charge < -0.3 is 5.32 Å². The fraction of sp³-hybridized carbons (Fsp3) is 0.211. The second kappa shape index (κ2) is 6.92. The Labute approximate surface area is 161 Å². The van der Waals surface area contributed by atoms with Crippen LogP contribution in [-0.4, -0.2) is 29.9 Å². The molecule has 0 amide bonds. The lowest BCUT2D eigenvalue weighted by atomic mass is 10.1. The van der Waals surface area contributed by atoms with Gasteiger partial charge in [-0.05, 0) is 35.7 Å². The van der Waals surface area contributed by atoms with E-state index >= 15 is 0 Å². The first-order valence-corrected chi connectivity index (χ1v) is 8.93. The van der Waals surface area contributed by atoms with Crippen molar-refractivity contribution >= 4 is 34.3 Å². The van der Waals surface area contributed by atoms with Crippen molar-refractivity contribution in [3.63, 3.8) is 0 Å². The van der Waals surface area contributed by atoms with Gasteiger partial charge in [0.1, 0.15) is 11.0 Å². The third-order valence-corrected chi connectivity index (χ3v) is 4.53. The Morgan fingerprint density at radius 1 is 1.04 bits per heavy atom. The standard InChI is InChI=1S/C19H18ClN7/c1-11(2)12-6-18(26-21-8-12)25-17-5-4-15-16(23-17)7-14(19(20)24-15)13-9-22-27(3)10-13/h4-11H,1-3H3,(H,23,25,26). The zero-order valence-electron chi connectivity index (χ0n) is 15.2. The van der Waals surface area contributed by atoms with Gasteiger partial charge in [0.2, 0.25) is 0 Å². The molecule has 4 aromatic rings. The van der Waals surface area contributed by atoms with E-state index in [-0.39, 0.29) is 0 Å².